The lowest BCUT2D eigenvalue weighted by atomic mass is 10.4. The van der Waals surface area contributed by atoms with E-state index in [0.717, 1.165) is 13.0 Å². The maximum atomic E-state index is 8.72. The van der Waals surface area contributed by atoms with Crippen molar-refractivity contribution in [3.05, 3.63) is 36.3 Å². The first-order valence-corrected chi connectivity index (χ1v) is 5.39. The second-order valence-electron chi connectivity index (χ2n) is 3.51. The first-order valence-electron chi connectivity index (χ1n) is 5.39. The Bertz CT molecular complexity index is 541. The van der Waals surface area contributed by atoms with Crippen LogP contribution in [0.5, 0.6) is 11.6 Å². The second kappa shape index (κ2) is 5.12. The van der Waals surface area contributed by atoms with Crippen LogP contribution in [0.1, 0.15) is 19.0 Å². The molecule has 0 spiro atoms. The van der Waals surface area contributed by atoms with Gasteiger partial charge in [-0.2, -0.15) is 10.4 Å². The van der Waals surface area contributed by atoms with Gasteiger partial charge in [0, 0.05) is 12.6 Å². The van der Waals surface area contributed by atoms with Gasteiger partial charge in [0.25, 0.3) is 0 Å². The number of rotatable bonds is 4. The molecule has 2 aromatic rings. The number of ether oxygens (including phenoxy) is 1. The van der Waals surface area contributed by atoms with Gasteiger partial charge in [0.15, 0.2) is 5.75 Å². The molecule has 0 N–H and O–H groups in total. The number of nitrogens with zero attached hydrogens (tertiary/aromatic N) is 4. The largest absolute Gasteiger partial charge is 0.436 e. The highest BCUT2D eigenvalue weighted by Crippen LogP contribution is 2.18. The third kappa shape index (κ3) is 2.82. The van der Waals surface area contributed by atoms with E-state index in [9.17, 15) is 0 Å². The van der Waals surface area contributed by atoms with E-state index in [0.29, 0.717) is 17.3 Å². The Hall–Kier alpha value is -2.35. The van der Waals surface area contributed by atoms with Crippen LogP contribution in [0.15, 0.2) is 30.6 Å². The molecule has 5 heteroatoms. The summed E-state index contributed by atoms with van der Waals surface area (Å²) in [6.07, 6.45) is 4.46. The van der Waals surface area contributed by atoms with Crippen LogP contribution in [0.4, 0.5) is 0 Å². The molecule has 2 heterocycles. The van der Waals surface area contributed by atoms with E-state index in [2.05, 4.69) is 17.0 Å². The Morgan fingerprint density at radius 3 is 3.12 bits per heavy atom. The fraction of sp³-hybridized carbons (Fsp3) is 0.250. The summed E-state index contributed by atoms with van der Waals surface area (Å²) in [4.78, 5) is 4.02. The molecule has 17 heavy (non-hydrogen) atoms. The highest BCUT2D eigenvalue weighted by atomic mass is 16.5. The monoisotopic (exact) mass is 228 g/mol. The molecule has 0 saturated heterocycles. The number of hydrogen-bond donors (Lipinski definition) is 0. The molecule has 0 saturated carbocycles. The minimum Gasteiger partial charge on any atom is -0.436 e. The topological polar surface area (TPSA) is 63.7 Å². The zero-order valence-corrected chi connectivity index (χ0v) is 9.50. The minimum atomic E-state index is 0.337. The van der Waals surface area contributed by atoms with Gasteiger partial charge in [-0.1, -0.05) is 13.0 Å². The predicted molar refractivity (Wildman–Crippen MR) is 61.5 cm³/mol. The lowest BCUT2D eigenvalue weighted by Crippen LogP contribution is -1.95. The second-order valence-corrected chi connectivity index (χ2v) is 3.51. The Labute approximate surface area is 99.3 Å². The molecule has 0 amide bonds. The van der Waals surface area contributed by atoms with Gasteiger partial charge < -0.3 is 4.74 Å². The summed E-state index contributed by atoms with van der Waals surface area (Å²) in [7, 11) is 0. The Morgan fingerprint density at radius 1 is 1.47 bits per heavy atom. The zero-order chi connectivity index (χ0) is 12.1. The molecule has 2 aromatic heterocycles. The summed E-state index contributed by atoms with van der Waals surface area (Å²) in [5.41, 5.74) is 0.337. The molecule has 0 atom stereocenters. The summed E-state index contributed by atoms with van der Waals surface area (Å²) in [5.74, 6) is 1.03. The van der Waals surface area contributed by atoms with Gasteiger partial charge in [0.2, 0.25) is 5.88 Å². The Kier molecular flexibility index (Phi) is 3.36. The smallest absolute Gasteiger partial charge is 0.220 e. The summed E-state index contributed by atoms with van der Waals surface area (Å²) in [5, 5.41) is 12.9. The van der Waals surface area contributed by atoms with Crippen molar-refractivity contribution in [1.29, 1.82) is 5.26 Å². The molecular formula is C12H12N4O. The van der Waals surface area contributed by atoms with E-state index in [4.69, 9.17) is 10.00 Å². The molecule has 2 rings (SSSR count). The standard InChI is InChI=1S/C12H12N4O/c1-2-6-16-9-11(8-14-16)17-12-5-3-4-10(7-13)15-12/h3-5,8-9H,2,6H2,1H3. The van der Waals surface area contributed by atoms with Crippen LogP contribution < -0.4 is 4.74 Å². The molecule has 0 aromatic carbocycles. The molecule has 86 valence electrons. The van der Waals surface area contributed by atoms with Crippen LogP contribution in [0, 0.1) is 11.3 Å². The van der Waals surface area contributed by atoms with Crippen molar-refractivity contribution in [2.45, 2.75) is 19.9 Å². The van der Waals surface area contributed by atoms with Crippen LogP contribution in [-0.4, -0.2) is 14.8 Å². The van der Waals surface area contributed by atoms with Gasteiger partial charge in [0.1, 0.15) is 11.8 Å². The van der Waals surface area contributed by atoms with Crippen molar-refractivity contribution in [2.75, 3.05) is 0 Å². The van der Waals surface area contributed by atoms with Gasteiger partial charge in [-0.15, -0.1) is 0 Å². The van der Waals surface area contributed by atoms with Crippen molar-refractivity contribution in [3.63, 3.8) is 0 Å². The van der Waals surface area contributed by atoms with Crippen LogP contribution in [-0.2, 0) is 6.54 Å². The van der Waals surface area contributed by atoms with Crippen molar-refractivity contribution in [1.82, 2.24) is 14.8 Å². The molecule has 0 bridgehead atoms. The van der Waals surface area contributed by atoms with Gasteiger partial charge in [-0.25, -0.2) is 4.98 Å². The zero-order valence-electron chi connectivity index (χ0n) is 9.50. The van der Waals surface area contributed by atoms with Crippen molar-refractivity contribution in [2.24, 2.45) is 0 Å². The summed E-state index contributed by atoms with van der Waals surface area (Å²) in [6.45, 7) is 2.94. The van der Waals surface area contributed by atoms with Gasteiger partial charge >= 0.3 is 0 Å². The van der Waals surface area contributed by atoms with E-state index in [1.54, 1.807) is 24.4 Å². The van der Waals surface area contributed by atoms with Crippen molar-refractivity contribution >= 4 is 0 Å². The fourth-order valence-electron chi connectivity index (χ4n) is 1.40. The number of hydrogen-bond acceptors (Lipinski definition) is 4. The first kappa shape index (κ1) is 11.1. The lowest BCUT2D eigenvalue weighted by molar-refractivity contribution is 0.461. The normalized spacial score (nSPS) is 9.88. The van der Waals surface area contributed by atoms with E-state index in [-0.39, 0.29) is 0 Å². The van der Waals surface area contributed by atoms with E-state index in [1.807, 2.05) is 16.9 Å². The van der Waals surface area contributed by atoms with Crippen LogP contribution in [0.25, 0.3) is 0 Å². The highest BCUT2D eigenvalue weighted by molar-refractivity contribution is 5.27. The average Bonchev–Trinajstić information content (AvgIpc) is 2.77. The molecule has 0 aliphatic rings. The summed E-state index contributed by atoms with van der Waals surface area (Å²) >= 11 is 0. The van der Waals surface area contributed by atoms with Gasteiger partial charge in [-0.05, 0) is 12.5 Å². The van der Waals surface area contributed by atoms with Gasteiger partial charge in [0.05, 0.1) is 12.4 Å². The van der Waals surface area contributed by atoms with Gasteiger partial charge in [-0.3, -0.25) is 4.68 Å². The molecule has 0 aliphatic carbocycles. The highest BCUT2D eigenvalue weighted by Gasteiger charge is 2.02. The Balaban J connectivity index is 2.11. The van der Waals surface area contributed by atoms with Crippen LogP contribution in [0.3, 0.4) is 0 Å². The van der Waals surface area contributed by atoms with Crippen LogP contribution in [0.2, 0.25) is 0 Å². The molecular weight excluding hydrogens is 216 g/mol. The quantitative estimate of drug-likeness (QED) is 0.805. The number of aromatic nitrogens is 3. The fourth-order valence-corrected chi connectivity index (χ4v) is 1.40. The van der Waals surface area contributed by atoms with E-state index in [1.165, 1.54) is 0 Å². The molecule has 0 fully saturated rings. The number of aryl methyl sites for hydroxylation is 1. The molecule has 0 radical (unpaired) electrons. The SMILES string of the molecule is CCCn1cc(Oc2cccc(C#N)n2)cn1. The summed E-state index contributed by atoms with van der Waals surface area (Å²) in [6, 6.07) is 7.04. The first-order chi connectivity index (χ1) is 8.31. The van der Waals surface area contributed by atoms with E-state index < -0.39 is 0 Å². The molecule has 0 aliphatic heterocycles. The average molecular weight is 228 g/mol. The number of nitriles is 1. The van der Waals surface area contributed by atoms with Crippen LogP contribution >= 0.6 is 0 Å². The van der Waals surface area contributed by atoms with Crippen molar-refractivity contribution < 1.29 is 4.74 Å². The minimum absolute atomic E-state index is 0.337. The lowest BCUT2D eigenvalue weighted by Gasteiger charge is -2.00. The predicted octanol–water partition coefficient (Wildman–Crippen LogP) is 2.35. The third-order valence-corrected chi connectivity index (χ3v) is 2.12. The van der Waals surface area contributed by atoms with E-state index >= 15 is 0 Å². The number of pyridine rings is 1. The maximum Gasteiger partial charge on any atom is 0.220 e. The molecule has 5 nitrogen and oxygen atoms in total. The molecule has 0 unspecified atom stereocenters. The maximum absolute atomic E-state index is 8.72. The van der Waals surface area contributed by atoms with Crippen molar-refractivity contribution in [3.8, 4) is 17.7 Å². The third-order valence-electron chi connectivity index (χ3n) is 2.12. The summed E-state index contributed by atoms with van der Waals surface area (Å²) < 4.78 is 7.31. The Morgan fingerprint density at radius 2 is 2.35 bits per heavy atom.